The van der Waals surface area contributed by atoms with Crippen molar-refractivity contribution in [2.45, 2.75) is 13.0 Å². The van der Waals surface area contributed by atoms with E-state index < -0.39 is 0 Å². The Morgan fingerprint density at radius 1 is 1.41 bits per heavy atom. The quantitative estimate of drug-likeness (QED) is 0.862. The topological polar surface area (TPSA) is 41.6 Å². The van der Waals surface area contributed by atoms with Crippen LogP contribution >= 0.6 is 0 Å². The molecule has 0 spiro atoms. The zero-order valence-electron chi connectivity index (χ0n) is 10.5. The summed E-state index contributed by atoms with van der Waals surface area (Å²) in [5, 5.41) is 3.39. The zero-order chi connectivity index (χ0) is 12.4. The summed E-state index contributed by atoms with van der Waals surface area (Å²) in [7, 11) is 3.52. The molecule has 1 aromatic rings. The number of rotatable bonds is 3. The second-order valence-electron chi connectivity index (χ2n) is 4.61. The van der Waals surface area contributed by atoms with Crippen LogP contribution in [0.5, 0.6) is 0 Å². The van der Waals surface area contributed by atoms with Gasteiger partial charge in [-0.15, -0.1) is 0 Å². The molecule has 0 aromatic heterocycles. The average molecular weight is 234 g/mol. The van der Waals surface area contributed by atoms with Gasteiger partial charge in [0.15, 0.2) is 0 Å². The Morgan fingerprint density at radius 3 is 2.65 bits per heavy atom. The van der Waals surface area contributed by atoms with Crippen molar-refractivity contribution >= 4 is 11.6 Å². The zero-order valence-corrected chi connectivity index (χ0v) is 10.5. The van der Waals surface area contributed by atoms with Gasteiger partial charge in [0.05, 0.1) is 19.3 Å². The molecule has 1 N–H and O–H groups in total. The number of amides is 1. The highest BCUT2D eigenvalue weighted by atomic mass is 16.5. The van der Waals surface area contributed by atoms with Gasteiger partial charge in [0.1, 0.15) is 0 Å². The van der Waals surface area contributed by atoms with Gasteiger partial charge in [-0.05, 0) is 24.6 Å². The Kier molecular flexibility index (Phi) is 3.33. The summed E-state index contributed by atoms with van der Waals surface area (Å²) in [6.07, 6.45) is 0. The van der Waals surface area contributed by atoms with Gasteiger partial charge in [0.25, 0.3) is 5.91 Å². The molecule has 1 fully saturated rings. The Balaban J connectivity index is 2.19. The second kappa shape index (κ2) is 4.75. The number of nitrogens with zero attached hydrogens (tertiary/aromatic N) is 1. The summed E-state index contributed by atoms with van der Waals surface area (Å²) in [5.41, 5.74) is 2.88. The second-order valence-corrected chi connectivity index (χ2v) is 4.61. The number of hydrogen-bond acceptors (Lipinski definition) is 3. The highest BCUT2D eigenvalue weighted by molar-refractivity contribution is 5.95. The number of ether oxygens (including phenoxy) is 1. The summed E-state index contributed by atoms with van der Waals surface area (Å²) >= 11 is 0. The first kappa shape index (κ1) is 11.9. The van der Waals surface area contributed by atoms with Gasteiger partial charge in [0.2, 0.25) is 0 Å². The highest BCUT2D eigenvalue weighted by Gasteiger charge is 2.19. The molecular formula is C13H18N2O2. The van der Waals surface area contributed by atoms with E-state index in [-0.39, 0.29) is 5.91 Å². The van der Waals surface area contributed by atoms with Crippen LogP contribution in [0.4, 0.5) is 5.69 Å². The number of aryl methyl sites for hydroxylation is 1. The third kappa shape index (κ3) is 2.58. The van der Waals surface area contributed by atoms with E-state index in [9.17, 15) is 4.79 Å². The van der Waals surface area contributed by atoms with Gasteiger partial charge in [-0.25, -0.2) is 0 Å². The molecule has 4 nitrogen and oxygen atoms in total. The molecule has 1 aliphatic rings. The van der Waals surface area contributed by atoms with E-state index in [4.69, 9.17) is 4.74 Å². The number of carbonyl (C=O) groups excluding carboxylic acids is 1. The maximum atomic E-state index is 11.9. The smallest absolute Gasteiger partial charge is 0.253 e. The number of anilines is 1. The predicted molar refractivity (Wildman–Crippen MR) is 67.4 cm³/mol. The number of carbonyl (C=O) groups is 1. The van der Waals surface area contributed by atoms with Crippen molar-refractivity contribution in [3.05, 3.63) is 29.3 Å². The monoisotopic (exact) mass is 234 g/mol. The van der Waals surface area contributed by atoms with E-state index in [2.05, 4.69) is 5.32 Å². The van der Waals surface area contributed by atoms with E-state index in [0.29, 0.717) is 11.6 Å². The maximum absolute atomic E-state index is 11.9. The molecule has 92 valence electrons. The Labute approximate surface area is 102 Å². The van der Waals surface area contributed by atoms with Crippen LogP contribution in [0.25, 0.3) is 0 Å². The Hall–Kier alpha value is -1.55. The Bertz CT molecular complexity index is 425. The van der Waals surface area contributed by atoms with Gasteiger partial charge < -0.3 is 15.0 Å². The third-order valence-electron chi connectivity index (χ3n) is 2.89. The summed E-state index contributed by atoms with van der Waals surface area (Å²) in [6, 6.07) is 6.12. The lowest BCUT2D eigenvalue weighted by atomic mass is 10.1. The normalized spacial score (nSPS) is 15.2. The molecule has 1 heterocycles. The van der Waals surface area contributed by atoms with Crippen molar-refractivity contribution in [1.82, 2.24) is 4.90 Å². The lowest BCUT2D eigenvalue weighted by Gasteiger charge is -2.28. The molecule has 0 aliphatic carbocycles. The largest absolute Gasteiger partial charge is 0.377 e. The molecule has 1 amide bonds. The van der Waals surface area contributed by atoms with Gasteiger partial charge >= 0.3 is 0 Å². The van der Waals surface area contributed by atoms with E-state index in [1.54, 1.807) is 19.0 Å². The van der Waals surface area contributed by atoms with Crippen molar-refractivity contribution in [2.75, 3.05) is 32.6 Å². The number of benzene rings is 1. The average Bonchev–Trinajstić information content (AvgIpc) is 2.24. The highest BCUT2D eigenvalue weighted by Crippen LogP contribution is 2.20. The van der Waals surface area contributed by atoms with Crippen molar-refractivity contribution < 1.29 is 9.53 Å². The number of nitrogens with one attached hydrogen (secondary N) is 1. The summed E-state index contributed by atoms with van der Waals surface area (Å²) in [5.74, 6) is 0.0258. The summed E-state index contributed by atoms with van der Waals surface area (Å²) in [6.45, 7) is 3.52. The lowest BCUT2D eigenvalue weighted by molar-refractivity contribution is 0.0211. The standard InChI is InChI=1S/C13H18N2O2/c1-9-4-5-10(13(16)15(2)3)6-12(9)14-11-7-17-8-11/h4-6,11,14H,7-8H2,1-3H3. The lowest BCUT2D eigenvalue weighted by Crippen LogP contribution is -2.40. The predicted octanol–water partition coefficient (Wildman–Crippen LogP) is 1.51. The molecule has 2 rings (SSSR count). The molecule has 0 bridgehead atoms. The molecule has 17 heavy (non-hydrogen) atoms. The molecule has 1 aliphatic heterocycles. The SMILES string of the molecule is Cc1ccc(C(=O)N(C)C)cc1NC1COC1. The third-order valence-corrected chi connectivity index (χ3v) is 2.89. The van der Waals surface area contributed by atoms with Crippen LogP contribution in [0, 0.1) is 6.92 Å². The minimum Gasteiger partial charge on any atom is -0.377 e. The molecule has 1 aromatic carbocycles. The molecule has 0 saturated carbocycles. The first-order valence-corrected chi connectivity index (χ1v) is 5.74. The van der Waals surface area contributed by atoms with Gasteiger partial charge in [0, 0.05) is 25.3 Å². The van der Waals surface area contributed by atoms with Crippen LogP contribution in [0.1, 0.15) is 15.9 Å². The van der Waals surface area contributed by atoms with E-state index in [1.165, 1.54) is 0 Å². The molecular weight excluding hydrogens is 216 g/mol. The summed E-state index contributed by atoms with van der Waals surface area (Å²) < 4.78 is 5.13. The molecule has 0 radical (unpaired) electrons. The molecule has 4 heteroatoms. The fraction of sp³-hybridized carbons (Fsp3) is 0.462. The minimum atomic E-state index is 0.0258. The van der Waals surface area contributed by atoms with Crippen LogP contribution in [-0.4, -0.2) is 44.2 Å². The van der Waals surface area contributed by atoms with Crippen LogP contribution in [0.2, 0.25) is 0 Å². The first-order valence-electron chi connectivity index (χ1n) is 5.74. The van der Waals surface area contributed by atoms with Crippen molar-refractivity contribution in [2.24, 2.45) is 0 Å². The van der Waals surface area contributed by atoms with Crippen molar-refractivity contribution in [1.29, 1.82) is 0 Å². The van der Waals surface area contributed by atoms with E-state index >= 15 is 0 Å². The molecule has 1 saturated heterocycles. The van der Waals surface area contributed by atoms with Gasteiger partial charge in [-0.2, -0.15) is 0 Å². The Morgan fingerprint density at radius 2 is 2.12 bits per heavy atom. The fourth-order valence-electron chi connectivity index (χ4n) is 1.71. The molecule has 0 atom stereocenters. The van der Waals surface area contributed by atoms with Gasteiger partial charge in [-0.3, -0.25) is 4.79 Å². The van der Waals surface area contributed by atoms with Crippen LogP contribution in [0.3, 0.4) is 0 Å². The van der Waals surface area contributed by atoms with Crippen LogP contribution in [0.15, 0.2) is 18.2 Å². The minimum absolute atomic E-state index is 0.0258. The van der Waals surface area contributed by atoms with Gasteiger partial charge in [-0.1, -0.05) is 6.07 Å². The first-order chi connectivity index (χ1) is 8.08. The van der Waals surface area contributed by atoms with Crippen LogP contribution < -0.4 is 5.32 Å². The number of hydrogen-bond donors (Lipinski definition) is 1. The van der Waals surface area contributed by atoms with Crippen LogP contribution in [-0.2, 0) is 4.74 Å². The van der Waals surface area contributed by atoms with E-state index in [0.717, 1.165) is 24.5 Å². The fourth-order valence-corrected chi connectivity index (χ4v) is 1.71. The van der Waals surface area contributed by atoms with Crippen molar-refractivity contribution in [3.8, 4) is 0 Å². The van der Waals surface area contributed by atoms with E-state index in [1.807, 2.05) is 25.1 Å². The molecule has 0 unspecified atom stereocenters. The maximum Gasteiger partial charge on any atom is 0.253 e. The summed E-state index contributed by atoms with van der Waals surface area (Å²) in [4.78, 5) is 13.4. The van der Waals surface area contributed by atoms with Crippen molar-refractivity contribution in [3.63, 3.8) is 0 Å².